The number of thioether (sulfide) groups is 12. The smallest absolute Gasteiger partial charge is 0.0718 e. The molecule has 1 aromatic carbocycles. The number of hydrogen-bond acceptors (Lipinski definition) is 12. The normalized spacial score (nSPS) is 20.5. The molecule has 0 N–H and O–H groups in total. The summed E-state index contributed by atoms with van der Waals surface area (Å²) in [5.41, 5.74) is 2.54. The van der Waals surface area contributed by atoms with E-state index in [1.165, 1.54) is 53.5 Å². The van der Waals surface area contributed by atoms with Crippen molar-refractivity contribution in [2.24, 2.45) is 0 Å². The first-order valence-corrected chi connectivity index (χ1v) is 21.1. The van der Waals surface area contributed by atoms with E-state index in [0.29, 0.717) is 0 Å². The van der Waals surface area contributed by atoms with Crippen LogP contribution in [0.3, 0.4) is 0 Å². The van der Waals surface area contributed by atoms with Gasteiger partial charge in [-0.25, -0.2) is 0 Å². The minimum atomic E-state index is 1.27. The van der Waals surface area contributed by atoms with E-state index in [9.17, 15) is 0 Å². The van der Waals surface area contributed by atoms with Crippen LogP contribution in [0.1, 0.15) is 11.1 Å². The third-order valence-corrected chi connectivity index (χ3v) is 20.7. The lowest BCUT2D eigenvalue weighted by Gasteiger charge is -2.06. The second kappa shape index (κ2) is 12.8. The highest BCUT2D eigenvalue weighted by molar-refractivity contribution is 8.49. The van der Waals surface area contributed by atoms with Crippen molar-refractivity contribution in [3.05, 3.63) is 77.8 Å². The zero-order valence-electron chi connectivity index (χ0n) is 18.4. The maximum Gasteiger partial charge on any atom is 0.0718 e. The van der Waals surface area contributed by atoms with Crippen molar-refractivity contribution in [3.8, 4) is 0 Å². The SMILES string of the molecule is CSC1=C(SC)SC(=Cc2ccc(C=C3SC4=C(S3)SC(=C3SC(SC)=C(SC)S3)S4)cc2)S1. The van der Waals surface area contributed by atoms with Gasteiger partial charge >= 0.3 is 0 Å². The highest BCUT2D eigenvalue weighted by Gasteiger charge is 2.34. The highest BCUT2D eigenvalue weighted by atomic mass is 32.3. The quantitative estimate of drug-likeness (QED) is 0.283. The summed E-state index contributed by atoms with van der Waals surface area (Å²) in [6, 6.07) is 8.96. The molecule has 178 valence electrons. The van der Waals surface area contributed by atoms with Crippen LogP contribution in [0.5, 0.6) is 0 Å². The first-order chi connectivity index (χ1) is 16.6. The van der Waals surface area contributed by atoms with Gasteiger partial charge in [0.1, 0.15) is 0 Å². The van der Waals surface area contributed by atoms with Gasteiger partial charge in [-0.1, -0.05) is 118 Å². The van der Waals surface area contributed by atoms with Crippen molar-refractivity contribution < 1.29 is 0 Å². The van der Waals surface area contributed by atoms with Crippen molar-refractivity contribution in [1.29, 1.82) is 0 Å². The molecular formula is C22H18S12. The predicted molar refractivity (Wildman–Crippen MR) is 185 cm³/mol. The molecule has 4 aliphatic heterocycles. The van der Waals surface area contributed by atoms with Crippen LogP contribution in [-0.2, 0) is 0 Å². The van der Waals surface area contributed by atoms with Gasteiger partial charge in [-0.2, -0.15) is 0 Å². The fourth-order valence-electron chi connectivity index (χ4n) is 2.91. The van der Waals surface area contributed by atoms with Gasteiger partial charge in [0.25, 0.3) is 0 Å². The van der Waals surface area contributed by atoms with Crippen LogP contribution in [0.15, 0.2) is 66.6 Å². The van der Waals surface area contributed by atoms with Crippen LogP contribution in [0.25, 0.3) is 12.2 Å². The van der Waals surface area contributed by atoms with Gasteiger partial charge < -0.3 is 0 Å². The number of hydrogen-bond donors (Lipinski definition) is 0. The Balaban J connectivity index is 1.19. The largest absolute Gasteiger partial charge is 0.121 e. The highest BCUT2D eigenvalue weighted by Crippen LogP contribution is 2.70. The number of benzene rings is 1. The lowest BCUT2D eigenvalue weighted by molar-refractivity contribution is 1.62. The van der Waals surface area contributed by atoms with Gasteiger partial charge in [-0.15, -0.1) is 47.0 Å². The molecule has 0 nitrogen and oxygen atoms in total. The summed E-state index contributed by atoms with van der Waals surface area (Å²) in [6.07, 6.45) is 13.3. The van der Waals surface area contributed by atoms with Crippen LogP contribution >= 0.6 is 141 Å². The molecule has 0 fully saturated rings. The molecule has 0 radical (unpaired) electrons. The second-order valence-corrected chi connectivity index (χ2v) is 20.7. The summed E-state index contributed by atoms with van der Waals surface area (Å²) in [5.74, 6) is 0. The average Bonchev–Trinajstić information content (AvgIpc) is 3.61. The third-order valence-electron chi connectivity index (χ3n) is 4.43. The van der Waals surface area contributed by atoms with E-state index in [1.54, 1.807) is 0 Å². The summed E-state index contributed by atoms with van der Waals surface area (Å²) in [4.78, 5) is 0. The van der Waals surface area contributed by atoms with E-state index in [1.807, 2.05) is 141 Å². The average molecular weight is 667 g/mol. The molecule has 5 rings (SSSR count). The molecule has 0 aliphatic carbocycles. The molecular weight excluding hydrogens is 649 g/mol. The minimum Gasteiger partial charge on any atom is -0.121 e. The lowest BCUT2D eigenvalue weighted by Crippen LogP contribution is -1.76. The minimum absolute atomic E-state index is 1.27. The Hall–Kier alpha value is 1.86. The fourth-order valence-corrected chi connectivity index (χ4v) is 19.4. The standard InChI is InChI=1S/C22H18S12/c1-23-15-16(24-2)28-13(27-15)9-11-5-7-12(8-6-11)10-14-29-19-20(30-14)34-22(33-19)21-31-17(25-3)18(26-4)32-21/h5-10H,1-4H3. The van der Waals surface area contributed by atoms with E-state index >= 15 is 0 Å². The molecule has 0 unspecified atom stereocenters. The fraction of sp³-hybridized carbons (Fsp3) is 0.182. The first kappa shape index (κ1) is 27.4. The molecule has 0 atom stereocenters. The van der Waals surface area contributed by atoms with Crippen molar-refractivity contribution in [2.75, 3.05) is 25.0 Å². The summed E-state index contributed by atoms with van der Waals surface area (Å²) in [5, 5.41) is 0. The van der Waals surface area contributed by atoms with E-state index < -0.39 is 0 Å². The Morgan fingerprint density at radius 1 is 0.441 bits per heavy atom. The van der Waals surface area contributed by atoms with Gasteiger partial charge in [-0.3, -0.25) is 0 Å². The van der Waals surface area contributed by atoms with Crippen molar-refractivity contribution in [3.63, 3.8) is 0 Å². The monoisotopic (exact) mass is 666 g/mol. The van der Waals surface area contributed by atoms with Crippen molar-refractivity contribution >= 4 is 153 Å². The third kappa shape index (κ3) is 6.35. The van der Waals surface area contributed by atoms with Crippen LogP contribution in [0.2, 0.25) is 0 Å². The Morgan fingerprint density at radius 2 is 0.765 bits per heavy atom. The summed E-state index contributed by atoms with van der Waals surface area (Å²) in [7, 11) is 0. The lowest BCUT2D eigenvalue weighted by atomic mass is 10.1. The molecule has 1 aromatic rings. The zero-order chi connectivity index (χ0) is 23.7. The molecule has 0 amide bonds. The van der Waals surface area contributed by atoms with Gasteiger partial charge in [0.2, 0.25) is 0 Å². The number of rotatable bonds is 6. The molecule has 34 heavy (non-hydrogen) atoms. The van der Waals surface area contributed by atoms with Crippen LogP contribution < -0.4 is 0 Å². The molecule has 12 heteroatoms. The van der Waals surface area contributed by atoms with E-state index in [4.69, 9.17) is 0 Å². The van der Waals surface area contributed by atoms with Crippen LogP contribution in [0.4, 0.5) is 0 Å². The van der Waals surface area contributed by atoms with Gasteiger partial charge in [0.15, 0.2) is 0 Å². The summed E-state index contributed by atoms with van der Waals surface area (Å²) in [6.45, 7) is 0. The topological polar surface area (TPSA) is 0 Å². The first-order valence-electron chi connectivity index (χ1n) is 9.69. The van der Waals surface area contributed by atoms with E-state index in [-0.39, 0.29) is 0 Å². The van der Waals surface area contributed by atoms with Crippen LogP contribution in [-0.4, -0.2) is 25.0 Å². The second-order valence-electron chi connectivity index (χ2n) is 6.53. The maximum absolute atomic E-state index is 2.33. The summed E-state index contributed by atoms with van der Waals surface area (Å²) >= 11 is 22.9. The Morgan fingerprint density at radius 3 is 1.18 bits per heavy atom. The Labute approximate surface area is 253 Å². The molecule has 0 bridgehead atoms. The van der Waals surface area contributed by atoms with Gasteiger partial charge in [-0.05, 0) is 48.3 Å². The van der Waals surface area contributed by atoms with Crippen molar-refractivity contribution in [2.45, 2.75) is 0 Å². The predicted octanol–water partition coefficient (Wildman–Crippen LogP) is 12.2. The van der Waals surface area contributed by atoms with Gasteiger partial charge in [0, 0.05) is 0 Å². The van der Waals surface area contributed by atoms with E-state index in [0.717, 1.165) is 0 Å². The summed E-state index contributed by atoms with van der Waals surface area (Å²) < 4.78 is 14.3. The van der Waals surface area contributed by atoms with E-state index in [2.05, 4.69) is 61.4 Å². The van der Waals surface area contributed by atoms with Crippen molar-refractivity contribution in [1.82, 2.24) is 0 Å². The molecule has 0 spiro atoms. The Bertz CT molecular complexity index is 1120. The maximum atomic E-state index is 2.33. The van der Waals surface area contributed by atoms with Gasteiger partial charge in [0.05, 0.1) is 42.4 Å². The van der Waals surface area contributed by atoms with Crippen LogP contribution in [0, 0.1) is 0 Å². The molecule has 0 aromatic heterocycles. The molecule has 0 saturated heterocycles. The Kier molecular flexibility index (Phi) is 10.3. The molecule has 4 heterocycles. The zero-order valence-corrected chi connectivity index (χ0v) is 28.2. The molecule has 4 aliphatic rings. The molecule has 0 saturated carbocycles.